The second kappa shape index (κ2) is 8.99. The van der Waals surface area contributed by atoms with E-state index in [9.17, 15) is 9.59 Å². The molecule has 162 valence electrons. The van der Waals surface area contributed by atoms with E-state index in [2.05, 4.69) is 10.2 Å². The van der Waals surface area contributed by atoms with E-state index in [1.54, 1.807) is 12.1 Å². The highest BCUT2D eigenvalue weighted by molar-refractivity contribution is 5.72. The van der Waals surface area contributed by atoms with Crippen molar-refractivity contribution in [3.05, 3.63) is 75.2 Å². The number of hydrogen-bond acceptors (Lipinski definition) is 6. The van der Waals surface area contributed by atoms with Crippen molar-refractivity contribution in [2.45, 2.75) is 18.8 Å². The number of carbonyl (C=O) groups excluding carboxylic acids is 1. The lowest BCUT2D eigenvalue weighted by Gasteiger charge is -2.24. The SMILES string of the molecule is COC(=O)C[C@H](c1cc(OC)c2c(c1)OCCO2)c1c(Cc2ccccc2)[nH][nH]c1=O. The first kappa shape index (κ1) is 20.6. The number of methoxy groups -OCH3 is 2. The van der Waals surface area contributed by atoms with Gasteiger partial charge in [0.1, 0.15) is 13.2 Å². The van der Waals surface area contributed by atoms with Gasteiger partial charge in [0, 0.05) is 23.6 Å². The van der Waals surface area contributed by atoms with Crippen LogP contribution in [0.3, 0.4) is 0 Å². The van der Waals surface area contributed by atoms with Crippen LogP contribution in [0.2, 0.25) is 0 Å². The van der Waals surface area contributed by atoms with Gasteiger partial charge in [-0.2, -0.15) is 0 Å². The minimum Gasteiger partial charge on any atom is -0.493 e. The van der Waals surface area contributed by atoms with Crippen molar-refractivity contribution in [2.75, 3.05) is 27.4 Å². The number of carbonyl (C=O) groups is 1. The Bertz CT molecular complexity index is 1100. The molecule has 3 aromatic rings. The van der Waals surface area contributed by atoms with Crippen molar-refractivity contribution in [1.29, 1.82) is 0 Å². The number of benzene rings is 2. The fourth-order valence-electron chi connectivity index (χ4n) is 3.84. The van der Waals surface area contributed by atoms with Crippen LogP contribution in [0, 0.1) is 0 Å². The van der Waals surface area contributed by atoms with Gasteiger partial charge in [-0.3, -0.25) is 14.7 Å². The number of esters is 1. The molecule has 0 spiro atoms. The zero-order valence-electron chi connectivity index (χ0n) is 17.4. The summed E-state index contributed by atoms with van der Waals surface area (Å²) in [6.07, 6.45) is 0.496. The molecule has 0 amide bonds. The summed E-state index contributed by atoms with van der Waals surface area (Å²) in [7, 11) is 2.87. The molecule has 1 aliphatic heterocycles. The molecule has 0 saturated carbocycles. The molecular weight excluding hydrogens is 400 g/mol. The van der Waals surface area contributed by atoms with Crippen molar-refractivity contribution in [3.63, 3.8) is 0 Å². The molecule has 0 saturated heterocycles. The van der Waals surface area contributed by atoms with Crippen LogP contribution < -0.4 is 19.8 Å². The van der Waals surface area contributed by atoms with Gasteiger partial charge >= 0.3 is 5.97 Å². The molecule has 1 aromatic heterocycles. The smallest absolute Gasteiger partial charge is 0.306 e. The van der Waals surface area contributed by atoms with E-state index in [1.165, 1.54) is 14.2 Å². The van der Waals surface area contributed by atoms with Crippen LogP contribution in [0.1, 0.15) is 34.7 Å². The van der Waals surface area contributed by atoms with Crippen molar-refractivity contribution in [1.82, 2.24) is 10.2 Å². The molecule has 8 nitrogen and oxygen atoms in total. The number of fused-ring (bicyclic) bond motifs is 1. The Kier molecular flexibility index (Phi) is 5.97. The maximum absolute atomic E-state index is 12.8. The molecular formula is C23H24N2O6. The third-order valence-corrected chi connectivity index (χ3v) is 5.32. The summed E-state index contributed by atoms with van der Waals surface area (Å²) < 4.78 is 21.8. The summed E-state index contributed by atoms with van der Waals surface area (Å²) >= 11 is 0. The number of H-pyrrole nitrogens is 2. The highest BCUT2D eigenvalue weighted by Gasteiger charge is 2.29. The number of hydrogen-bond donors (Lipinski definition) is 2. The van der Waals surface area contributed by atoms with Crippen LogP contribution in [0.4, 0.5) is 0 Å². The molecule has 0 unspecified atom stereocenters. The molecule has 1 aliphatic rings. The van der Waals surface area contributed by atoms with Crippen LogP contribution in [-0.4, -0.2) is 43.6 Å². The first-order valence-electron chi connectivity index (χ1n) is 9.98. The summed E-state index contributed by atoms with van der Waals surface area (Å²) in [4.78, 5) is 25.1. The monoisotopic (exact) mass is 424 g/mol. The van der Waals surface area contributed by atoms with E-state index in [1.807, 2.05) is 30.3 Å². The third-order valence-electron chi connectivity index (χ3n) is 5.32. The van der Waals surface area contributed by atoms with Gasteiger partial charge in [0.05, 0.1) is 20.6 Å². The van der Waals surface area contributed by atoms with Crippen molar-refractivity contribution < 1.29 is 23.7 Å². The first-order valence-corrected chi connectivity index (χ1v) is 9.98. The maximum Gasteiger partial charge on any atom is 0.306 e. The topological polar surface area (TPSA) is 103 Å². The molecule has 8 heteroatoms. The van der Waals surface area contributed by atoms with Gasteiger partial charge in [-0.1, -0.05) is 30.3 Å². The van der Waals surface area contributed by atoms with E-state index in [-0.39, 0.29) is 12.0 Å². The minimum atomic E-state index is -0.564. The highest BCUT2D eigenvalue weighted by atomic mass is 16.6. The van der Waals surface area contributed by atoms with Crippen LogP contribution in [0.15, 0.2) is 47.3 Å². The minimum absolute atomic E-state index is 0.0119. The summed E-state index contributed by atoms with van der Waals surface area (Å²) in [5.74, 6) is 0.531. The fraction of sp³-hybridized carbons (Fsp3) is 0.304. The predicted octanol–water partition coefficient (Wildman–Crippen LogP) is 2.77. The highest BCUT2D eigenvalue weighted by Crippen LogP contribution is 2.43. The fourth-order valence-corrected chi connectivity index (χ4v) is 3.84. The summed E-state index contributed by atoms with van der Waals surface area (Å²) in [6, 6.07) is 13.4. The Hall–Kier alpha value is -3.68. The van der Waals surface area contributed by atoms with Crippen molar-refractivity contribution >= 4 is 5.97 Å². The van der Waals surface area contributed by atoms with Crippen LogP contribution in [0.25, 0.3) is 0 Å². The van der Waals surface area contributed by atoms with Gasteiger partial charge in [-0.15, -0.1) is 0 Å². The Morgan fingerprint density at radius 3 is 2.61 bits per heavy atom. The standard InChI is InChI=1S/C23H24N2O6/c1-28-18-11-15(12-19-22(18)31-9-8-30-19)16(13-20(26)29-2)21-17(24-25-23(21)27)10-14-6-4-3-5-7-14/h3-7,11-12,16H,8-10,13H2,1-2H3,(H2,24,25,27)/t16-/m1/s1. The van der Waals surface area contributed by atoms with Crippen LogP contribution >= 0.6 is 0 Å². The lowest BCUT2D eigenvalue weighted by Crippen LogP contribution is -2.20. The Morgan fingerprint density at radius 2 is 1.87 bits per heavy atom. The zero-order valence-corrected chi connectivity index (χ0v) is 17.4. The predicted molar refractivity (Wildman–Crippen MR) is 113 cm³/mol. The van der Waals surface area contributed by atoms with E-state index >= 15 is 0 Å². The molecule has 0 fully saturated rings. The molecule has 2 N–H and O–H groups in total. The lowest BCUT2D eigenvalue weighted by molar-refractivity contribution is -0.140. The maximum atomic E-state index is 12.8. The Balaban J connectivity index is 1.81. The Morgan fingerprint density at radius 1 is 1.10 bits per heavy atom. The van der Waals surface area contributed by atoms with E-state index < -0.39 is 11.9 Å². The second-order valence-electron chi connectivity index (χ2n) is 7.21. The third kappa shape index (κ3) is 4.28. The molecule has 0 radical (unpaired) electrons. The average molecular weight is 424 g/mol. The van der Waals surface area contributed by atoms with E-state index in [0.717, 1.165) is 5.56 Å². The van der Waals surface area contributed by atoms with Gasteiger partial charge in [0.25, 0.3) is 5.56 Å². The number of nitrogens with one attached hydrogen (secondary N) is 2. The average Bonchev–Trinajstić information content (AvgIpc) is 3.16. The zero-order chi connectivity index (χ0) is 21.8. The number of aromatic amines is 2. The summed E-state index contributed by atoms with van der Waals surface area (Å²) in [5, 5.41) is 5.65. The normalized spacial score (nSPS) is 13.5. The number of rotatable bonds is 7. The summed E-state index contributed by atoms with van der Waals surface area (Å²) in [6.45, 7) is 0.832. The van der Waals surface area contributed by atoms with Crippen molar-refractivity contribution in [2.24, 2.45) is 0 Å². The Labute approximate surface area is 179 Å². The van der Waals surface area contributed by atoms with E-state index in [4.69, 9.17) is 18.9 Å². The quantitative estimate of drug-likeness (QED) is 0.566. The van der Waals surface area contributed by atoms with Crippen LogP contribution in [0.5, 0.6) is 17.2 Å². The van der Waals surface area contributed by atoms with Gasteiger partial charge in [-0.05, 0) is 23.3 Å². The second-order valence-corrected chi connectivity index (χ2v) is 7.21. The van der Waals surface area contributed by atoms with E-state index in [0.29, 0.717) is 53.7 Å². The van der Waals surface area contributed by atoms with Crippen molar-refractivity contribution in [3.8, 4) is 17.2 Å². The molecule has 31 heavy (non-hydrogen) atoms. The van der Waals surface area contributed by atoms with Gasteiger partial charge in [0.2, 0.25) is 5.75 Å². The molecule has 0 bridgehead atoms. The van der Waals surface area contributed by atoms with Gasteiger partial charge < -0.3 is 24.0 Å². The van der Waals surface area contributed by atoms with Crippen LogP contribution in [-0.2, 0) is 16.0 Å². The first-order chi connectivity index (χ1) is 15.1. The lowest BCUT2D eigenvalue weighted by atomic mass is 9.87. The molecule has 2 aromatic carbocycles. The largest absolute Gasteiger partial charge is 0.493 e. The molecule has 4 rings (SSSR count). The summed E-state index contributed by atoms with van der Waals surface area (Å²) in [5.41, 5.74) is 2.64. The number of aromatic nitrogens is 2. The van der Waals surface area contributed by atoms with Gasteiger partial charge in [-0.25, -0.2) is 0 Å². The van der Waals surface area contributed by atoms with Gasteiger partial charge in [0.15, 0.2) is 11.5 Å². The molecule has 1 atom stereocenters. The molecule has 2 heterocycles. The number of ether oxygens (including phenoxy) is 4. The molecule has 0 aliphatic carbocycles.